The van der Waals surface area contributed by atoms with Crippen LogP contribution < -0.4 is 5.32 Å². The highest BCUT2D eigenvalue weighted by molar-refractivity contribution is 5.75. The van der Waals surface area contributed by atoms with Gasteiger partial charge in [0.15, 0.2) is 0 Å². The first kappa shape index (κ1) is 10.7. The van der Waals surface area contributed by atoms with Crippen molar-refractivity contribution in [1.82, 2.24) is 14.9 Å². The van der Waals surface area contributed by atoms with Gasteiger partial charge in [-0.25, -0.2) is 9.37 Å². The monoisotopic (exact) mass is 233 g/mol. The fraction of sp³-hybridized carbons (Fsp3) is 0.462. The van der Waals surface area contributed by atoms with E-state index >= 15 is 0 Å². The zero-order valence-corrected chi connectivity index (χ0v) is 9.91. The molecule has 3 nitrogen and oxygen atoms in total. The molecule has 0 aliphatic heterocycles. The molecule has 1 aliphatic carbocycles. The van der Waals surface area contributed by atoms with Gasteiger partial charge in [0.05, 0.1) is 11.0 Å². The molecule has 1 saturated carbocycles. The van der Waals surface area contributed by atoms with Gasteiger partial charge in [0.25, 0.3) is 0 Å². The molecule has 90 valence electrons. The van der Waals surface area contributed by atoms with E-state index in [-0.39, 0.29) is 5.82 Å². The van der Waals surface area contributed by atoms with Crippen LogP contribution in [0.2, 0.25) is 0 Å². The Hall–Kier alpha value is -1.42. The highest BCUT2D eigenvalue weighted by Gasteiger charge is 2.20. The minimum absolute atomic E-state index is 0.224. The van der Waals surface area contributed by atoms with Crippen LogP contribution in [0, 0.1) is 5.82 Å². The molecule has 1 aromatic carbocycles. The summed E-state index contributed by atoms with van der Waals surface area (Å²) < 4.78 is 15.1. The Morgan fingerprint density at radius 2 is 2.29 bits per heavy atom. The normalized spacial score (nSPS) is 15.6. The van der Waals surface area contributed by atoms with Crippen molar-refractivity contribution in [3.05, 3.63) is 29.8 Å². The zero-order valence-electron chi connectivity index (χ0n) is 9.91. The first-order valence-corrected chi connectivity index (χ1v) is 6.08. The van der Waals surface area contributed by atoms with Crippen molar-refractivity contribution in [2.24, 2.45) is 7.05 Å². The third-order valence-corrected chi connectivity index (χ3v) is 3.29. The Morgan fingerprint density at radius 3 is 3.06 bits per heavy atom. The lowest BCUT2D eigenvalue weighted by Gasteiger charge is -2.03. The van der Waals surface area contributed by atoms with Gasteiger partial charge in [-0.1, -0.05) is 0 Å². The van der Waals surface area contributed by atoms with Gasteiger partial charge in [-0.2, -0.15) is 0 Å². The highest BCUT2D eigenvalue weighted by Crippen LogP contribution is 2.19. The summed E-state index contributed by atoms with van der Waals surface area (Å²) in [5.74, 6) is 0.789. The van der Waals surface area contributed by atoms with Gasteiger partial charge in [-0.3, -0.25) is 0 Å². The molecule has 1 fully saturated rings. The summed E-state index contributed by atoms with van der Waals surface area (Å²) in [7, 11) is 1.99. The molecule has 2 aromatic rings. The standard InChI is InChI=1S/C13H16FN3/c1-17-12-5-2-9(14)8-11(12)16-13(17)6-7-15-10-3-4-10/h2,5,8,10,15H,3-4,6-7H2,1H3. The number of aromatic nitrogens is 2. The van der Waals surface area contributed by atoms with Gasteiger partial charge >= 0.3 is 0 Å². The van der Waals surface area contributed by atoms with Crippen molar-refractivity contribution in [3.63, 3.8) is 0 Å². The van der Waals surface area contributed by atoms with Crippen LogP contribution in [0.1, 0.15) is 18.7 Å². The number of aryl methyl sites for hydroxylation is 1. The second-order valence-electron chi connectivity index (χ2n) is 4.70. The van der Waals surface area contributed by atoms with Crippen LogP contribution in [0.15, 0.2) is 18.2 Å². The molecule has 0 bridgehead atoms. The third-order valence-electron chi connectivity index (χ3n) is 3.29. The van der Waals surface area contributed by atoms with Crippen LogP contribution in [0.25, 0.3) is 11.0 Å². The van der Waals surface area contributed by atoms with E-state index < -0.39 is 0 Å². The Kier molecular flexibility index (Phi) is 2.59. The summed E-state index contributed by atoms with van der Waals surface area (Å²) in [4.78, 5) is 4.47. The van der Waals surface area contributed by atoms with Crippen molar-refractivity contribution in [2.45, 2.75) is 25.3 Å². The van der Waals surface area contributed by atoms with Gasteiger partial charge in [0.2, 0.25) is 0 Å². The molecule has 0 unspecified atom stereocenters. The fourth-order valence-corrected chi connectivity index (χ4v) is 2.12. The number of rotatable bonds is 4. The van der Waals surface area contributed by atoms with Crippen molar-refractivity contribution in [2.75, 3.05) is 6.54 Å². The summed E-state index contributed by atoms with van der Waals surface area (Å²) in [6.45, 7) is 0.949. The molecule has 1 aromatic heterocycles. The SMILES string of the molecule is Cn1c(CCNC2CC2)nc2cc(F)ccc21. The number of nitrogens with zero attached hydrogens (tertiary/aromatic N) is 2. The summed E-state index contributed by atoms with van der Waals surface area (Å²) in [5, 5.41) is 3.46. The maximum Gasteiger partial charge on any atom is 0.125 e. The van der Waals surface area contributed by atoms with Gasteiger partial charge in [0.1, 0.15) is 11.6 Å². The lowest BCUT2D eigenvalue weighted by atomic mass is 10.3. The van der Waals surface area contributed by atoms with E-state index in [1.807, 2.05) is 11.6 Å². The summed E-state index contributed by atoms with van der Waals surface area (Å²) in [5.41, 5.74) is 1.74. The lowest BCUT2D eigenvalue weighted by molar-refractivity contribution is 0.629. The van der Waals surface area contributed by atoms with E-state index in [2.05, 4.69) is 10.3 Å². The van der Waals surface area contributed by atoms with E-state index in [1.165, 1.54) is 25.0 Å². The Labute approximate surface area is 99.7 Å². The fourth-order valence-electron chi connectivity index (χ4n) is 2.12. The average Bonchev–Trinajstić information content (AvgIpc) is 3.06. The van der Waals surface area contributed by atoms with E-state index in [4.69, 9.17) is 0 Å². The van der Waals surface area contributed by atoms with Crippen molar-refractivity contribution < 1.29 is 4.39 Å². The average molecular weight is 233 g/mol. The Balaban J connectivity index is 1.80. The third kappa shape index (κ3) is 2.17. The molecule has 0 atom stereocenters. The predicted octanol–water partition coefficient (Wildman–Crippen LogP) is 2.01. The number of hydrogen-bond acceptors (Lipinski definition) is 2. The number of hydrogen-bond donors (Lipinski definition) is 1. The molecule has 4 heteroatoms. The molecule has 0 spiro atoms. The maximum atomic E-state index is 13.1. The highest BCUT2D eigenvalue weighted by atomic mass is 19.1. The molecule has 1 aliphatic rings. The maximum absolute atomic E-state index is 13.1. The van der Waals surface area contributed by atoms with Crippen LogP contribution in [0.3, 0.4) is 0 Å². The molecule has 3 rings (SSSR count). The molecular weight excluding hydrogens is 217 g/mol. The van der Waals surface area contributed by atoms with Gasteiger partial charge in [0, 0.05) is 32.1 Å². The first-order chi connectivity index (χ1) is 8.24. The number of nitrogens with one attached hydrogen (secondary N) is 1. The van der Waals surface area contributed by atoms with Crippen molar-refractivity contribution in [3.8, 4) is 0 Å². The summed E-state index contributed by atoms with van der Waals surface area (Å²) in [6.07, 6.45) is 3.49. The van der Waals surface area contributed by atoms with Gasteiger partial charge < -0.3 is 9.88 Å². The van der Waals surface area contributed by atoms with Crippen LogP contribution in [0.5, 0.6) is 0 Å². The van der Waals surface area contributed by atoms with Crippen LogP contribution in [-0.4, -0.2) is 22.1 Å². The lowest BCUT2D eigenvalue weighted by Crippen LogP contribution is -2.20. The summed E-state index contributed by atoms with van der Waals surface area (Å²) in [6, 6.07) is 5.49. The quantitative estimate of drug-likeness (QED) is 0.875. The van der Waals surface area contributed by atoms with E-state index in [0.29, 0.717) is 0 Å². The molecule has 1 N–H and O–H groups in total. The molecule has 0 saturated heterocycles. The van der Waals surface area contributed by atoms with Gasteiger partial charge in [-0.05, 0) is 25.0 Å². The smallest absolute Gasteiger partial charge is 0.125 e. The minimum atomic E-state index is -0.224. The largest absolute Gasteiger partial charge is 0.331 e. The second-order valence-corrected chi connectivity index (χ2v) is 4.70. The topological polar surface area (TPSA) is 29.9 Å². The Bertz CT molecular complexity index is 543. The predicted molar refractivity (Wildman–Crippen MR) is 65.4 cm³/mol. The molecule has 0 radical (unpaired) electrons. The Morgan fingerprint density at radius 1 is 1.47 bits per heavy atom. The van der Waals surface area contributed by atoms with E-state index in [1.54, 1.807) is 6.07 Å². The second kappa shape index (κ2) is 4.11. The van der Waals surface area contributed by atoms with Crippen LogP contribution >= 0.6 is 0 Å². The van der Waals surface area contributed by atoms with Crippen LogP contribution in [-0.2, 0) is 13.5 Å². The van der Waals surface area contributed by atoms with E-state index in [9.17, 15) is 4.39 Å². The summed E-state index contributed by atoms with van der Waals surface area (Å²) >= 11 is 0. The van der Waals surface area contributed by atoms with Crippen molar-refractivity contribution in [1.29, 1.82) is 0 Å². The molecule has 0 amide bonds. The number of fused-ring (bicyclic) bond motifs is 1. The minimum Gasteiger partial charge on any atom is -0.331 e. The molecule has 17 heavy (non-hydrogen) atoms. The molecule has 1 heterocycles. The van der Waals surface area contributed by atoms with E-state index in [0.717, 1.165) is 35.9 Å². The zero-order chi connectivity index (χ0) is 11.8. The van der Waals surface area contributed by atoms with Crippen LogP contribution in [0.4, 0.5) is 4.39 Å². The first-order valence-electron chi connectivity index (χ1n) is 6.08. The number of imidazole rings is 1. The van der Waals surface area contributed by atoms with Crippen molar-refractivity contribution >= 4 is 11.0 Å². The molecular formula is C13H16FN3. The van der Waals surface area contributed by atoms with Gasteiger partial charge in [-0.15, -0.1) is 0 Å². The number of benzene rings is 1. The number of halogens is 1.